The molecule has 7 heteroatoms. The second-order valence-electron chi connectivity index (χ2n) is 7.50. The van der Waals surface area contributed by atoms with E-state index in [-0.39, 0.29) is 18.2 Å². The number of nitrogens with zero attached hydrogens (tertiary/aromatic N) is 4. The van der Waals surface area contributed by atoms with Crippen LogP contribution in [0.2, 0.25) is 0 Å². The van der Waals surface area contributed by atoms with E-state index in [1.165, 1.54) is 31.5 Å². The first-order valence-corrected chi connectivity index (χ1v) is 9.98. The number of aromatic nitrogens is 2. The Morgan fingerprint density at radius 1 is 1.14 bits per heavy atom. The molecule has 0 saturated carbocycles. The second-order valence-corrected chi connectivity index (χ2v) is 7.50. The molecule has 28 heavy (non-hydrogen) atoms. The Kier molecular flexibility index (Phi) is 5.43. The summed E-state index contributed by atoms with van der Waals surface area (Å²) in [7, 11) is 0. The van der Waals surface area contributed by atoms with Crippen molar-refractivity contribution in [2.45, 2.75) is 39.3 Å². The van der Waals surface area contributed by atoms with Gasteiger partial charge in [-0.05, 0) is 44.0 Å². The molecule has 2 aliphatic rings. The summed E-state index contributed by atoms with van der Waals surface area (Å²) in [6, 6.07) is 8.85. The van der Waals surface area contributed by atoms with E-state index in [4.69, 9.17) is 10.5 Å². The molecule has 0 aliphatic carbocycles. The Hall–Kier alpha value is -2.67. The monoisotopic (exact) mass is 381 g/mol. The van der Waals surface area contributed by atoms with E-state index in [0.717, 1.165) is 12.1 Å². The Bertz CT molecular complexity index is 864. The van der Waals surface area contributed by atoms with Crippen molar-refractivity contribution >= 4 is 17.4 Å². The molecule has 7 nitrogen and oxygen atoms in total. The van der Waals surface area contributed by atoms with Crippen LogP contribution in [0.15, 0.2) is 24.3 Å². The molecule has 2 aromatic rings. The molecule has 148 valence electrons. The van der Waals surface area contributed by atoms with Crippen molar-refractivity contribution in [1.82, 2.24) is 14.9 Å². The highest BCUT2D eigenvalue weighted by atomic mass is 16.5. The molecule has 4 rings (SSSR count). The Balaban J connectivity index is 1.57. The number of fused-ring (bicyclic) bond motifs is 1. The van der Waals surface area contributed by atoms with Crippen LogP contribution in [0.25, 0.3) is 0 Å². The number of nitrogens with two attached hydrogens (primary N) is 1. The average Bonchev–Trinajstić information content (AvgIpc) is 3.16. The van der Waals surface area contributed by atoms with Gasteiger partial charge in [0.1, 0.15) is 11.6 Å². The van der Waals surface area contributed by atoms with E-state index >= 15 is 0 Å². The lowest BCUT2D eigenvalue weighted by molar-refractivity contribution is -0.117. The lowest BCUT2D eigenvalue weighted by Gasteiger charge is -2.30. The van der Waals surface area contributed by atoms with Gasteiger partial charge in [0.05, 0.1) is 13.2 Å². The molecule has 3 heterocycles. The SMILES string of the molecule is CCOc1nc(N)c2c(n1)N(Cc1cccc(CN3CCCC3)c1)CC(=O)C2. The molecular weight excluding hydrogens is 354 g/mol. The second kappa shape index (κ2) is 8.14. The van der Waals surface area contributed by atoms with E-state index in [1.54, 1.807) is 0 Å². The normalized spacial score (nSPS) is 17.0. The van der Waals surface area contributed by atoms with Crippen LogP contribution in [0.5, 0.6) is 6.01 Å². The fourth-order valence-corrected chi connectivity index (χ4v) is 4.01. The van der Waals surface area contributed by atoms with Gasteiger partial charge in [-0.2, -0.15) is 9.97 Å². The highest BCUT2D eigenvalue weighted by Crippen LogP contribution is 2.30. The predicted molar refractivity (Wildman–Crippen MR) is 108 cm³/mol. The first-order chi connectivity index (χ1) is 13.6. The minimum atomic E-state index is 0.125. The third-order valence-corrected chi connectivity index (χ3v) is 5.28. The van der Waals surface area contributed by atoms with Crippen LogP contribution >= 0.6 is 0 Å². The quantitative estimate of drug-likeness (QED) is 0.821. The first-order valence-electron chi connectivity index (χ1n) is 9.98. The Labute approximate surface area is 165 Å². The van der Waals surface area contributed by atoms with Gasteiger partial charge in [-0.15, -0.1) is 0 Å². The van der Waals surface area contributed by atoms with Gasteiger partial charge < -0.3 is 15.4 Å². The summed E-state index contributed by atoms with van der Waals surface area (Å²) in [6.45, 7) is 6.61. The van der Waals surface area contributed by atoms with Crippen molar-refractivity contribution in [3.05, 3.63) is 41.0 Å². The minimum absolute atomic E-state index is 0.125. The van der Waals surface area contributed by atoms with Crippen molar-refractivity contribution in [3.8, 4) is 6.01 Å². The lowest BCUT2D eigenvalue weighted by Crippen LogP contribution is -2.36. The van der Waals surface area contributed by atoms with Crippen LogP contribution in [-0.4, -0.2) is 46.9 Å². The zero-order valence-electron chi connectivity index (χ0n) is 16.4. The molecule has 0 radical (unpaired) electrons. The van der Waals surface area contributed by atoms with Crippen LogP contribution in [-0.2, 0) is 24.3 Å². The van der Waals surface area contributed by atoms with E-state index in [9.17, 15) is 4.79 Å². The topological polar surface area (TPSA) is 84.6 Å². The van der Waals surface area contributed by atoms with Crippen molar-refractivity contribution < 1.29 is 9.53 Å². The van der Waals surface area contributed by atoms with Crippen LogP contribution in [0, 0.1) is 0 Å². The summed E-state index contributed by atoms with van der Waals surface area (Å²) in [5.41, 5.74) is 9.26. The summed E-state index contributed by atoms with van der Waals surface area (Å²) in [5, 5.41) is 0. The maximum absolute atomic E-state index is 12.3. The molecule has 2 N–H and O–H groups in total. The largest absolute Gasteiger partial charge is 0.464 e. The van der Waals surface area contributed by atoms with E-state index < -0.39 is 0 Å². The van der Waals surface area contributed by atoms with Gasteiger partial charge >= 0.3 is 6.01 Å². The average molecular weight is 381 g/mol. The van der Waals surface area contributed by atoms with Gasteiger partial charge in [0.25, 0.3) is 0 Å². The number of hydrogen-bond donors (Lipinski definition) is 1. The first kappa shape index (κ1) is 18.7. The van der Waals surface area contributed by atoms with Crippen molar-refractivity contribution in [2.75, 3.05) is 36.9 Å². The molecule has 1 aromatic heterocycles. The lowest BCUT2D eigenvalue weighted by atomic mass is 10.0. The van der Waals surface area contributed by atoms with Gasteiger partial charge in [0.15, 0.2) is 5.78 Å². The van der Waals surface area contributed by atoms with E-state index in [2.05, 4.69) is 39.1 Å². The highest BCUT2D eigenvalue weighted by molar-refractivity contribution is 5.91. The number of nitrogen functional groups attached to an aromatic ring is 1. The van der Waals surface area contributed by atoms with Crippen LogP contribution in [0.1, 0.15) is 36.5 Å². The zero-order valence-corrected chi connectivity index (χ0v) is 16.4. The van der Waals surface area contributed by atoms with Crippen molar-refractivity contribution in [3.63, 3.8) is 0 Å². The number of Topliss-reactive ketones (excluding diaryl/α,β-unsaturated/α-hetero) is 1. The molecule has 0 spiro atoms. The number of anilines is 2. The fourth-order valence-electron chi connectivity index (χ4n) is 4.01. The predicted octanol–water partition coefficient (Wildman–Crippen LogP) is 2.19. The maximum atomic E-state index is 12.3. The smallest absolute Gasteiger partial charge is 0.320 e. The molecular formula is C21H27N5O2. The summed E-state index contributed by atoms with van der Waals surface area (Å²) in [5.74, 6) is 1.16. The molecule has 1 fully saturated rings. The molecule has 2 aliphatic heterocycles. The Morgan fingerprint density at radius 2 is 1.89 bits per heavy atom. The maximum Gasteiger partial charge on any atom is 0.320 e. The molecule has 0 bridgehead atoms. The van der Waals surface area contributed by atoms with Crippen LogP contribution < -0.4 is 15.4 Å². The van der Waals surface area contributed by atoms with E-state index in [0.29, 0.717) is 36.9 Å². The molecule has 0 amide bonds. The van der Waals surface area contributed by atoms with Crippen molar-refractivity contribution in [2.24, 2.45) is 0 Å². The number of ether oxygens (including phenoxy) is 1. The number of ketones is 1. The van der Waals surface area contributed by atoms with Crippen LogP contribution in [0.3, 0.4) is 0 Å². The minimum Gasteiger partial charge on any atom is -0.464 e. The van der Waals surface area contributed by atoms with Gasteiger partial charge in [0, 0.05) is 25.1 Å². The van der Waals surface area contributed by atoms with Crippen molar-refractivity contribution in [1.29, 1.82) is 0 Å². The standard InChI is InChI=1S/C21H27N5O2/c1-2-28-21-23-19(22)18-11-17(27)14-26(20(18)24-21)13-16-7-5-6-15(10-16)12-25-8-3-4-9-25/h5-7,10H,2-4,8-9,11-14H2,1H3,(H2,22,23,24). The molecule has 1 aromatic carbocycles. The zero-order chi connectivity index (χ0) is 19.5. The van der Waals surface area contributed by atoms with Gasteiger partial charge in [0.2, 0.25) is 0 Å². The molecule has 0 atom stereocenters. The number of rotatable bonds is 6. The fraction of sp³-hybridized carbons (Fsp3) is 0.476. The van der Waals surface area contributed by atoms with Gasteiger partial charge in [-0.25, -0.2) is 0 Å². The van der Waals surface area contributed by atoms with Gasteiger partial charge in [-0.3, -0.25) is 9.69 Å². The molecule has 1 saturated heterocycles. The third kappa shape index (κ3) is 4.09. The third-order valence-electron chi connectivity index (χ3n) is 5.28. The van der Waals surface area contributed by atoms with Gasteiger partial charge in [-0.1, -0.05) is 24.3 Å². The summed E-state index contributed by atoms with van der Waals surface area (Å²) >= 11 is 0. The highest BCUT2D eigenvalue weighted by Gasteiger charge is 2.27. The molecule has 0 unspecified atom stereocenters. The number of benzene rings is 1. The van der Waals surface area contributed by atoms with E-state index in [1.807, 2.05) is 11.8 Å². The number of carbonyl (C=O) groups is 1. The Morgan fingerprint density at radius 3 is 2.64 bits per heavy atom. The summed E-state index contributed by atoms with van der Waals surface area (Å²) < 4.78 is 5.45. The number of carbonyl (C=O) groups excluding carboxylic acids is 1. The summed E-state index contributed by atoms with van der Waals surface area (Å²) in [4.78, 5) is 25.5. The summed E-state index contributed by atoms with van der Waals surface area (Å²) in [6.07, 6.45) is 2.85. The number of hydrogen-bond acceptors (Lipinski definition) is 7. The number of likely N-dealkylation sites (tertiary alicyclic amines) is 1. The van der Waals surface area contributed by atoms with Crippen LogP contribution in [0.4, 0.5) is 11.6 Å².